The van der Waals surface area contributed by atoms with E-state index in [1.807, 2.05) is 0 Å². The number of aromatic nitrogens is 3. The SMILES string of the molecule is CCc1nncn1CCNC(=NCCCN(CC)c1ccccc1)NCCCOC. The molecular formula is C22H37N7O. The van der Waals surface area contributed by atoms with E-state index in [1.54, 1.807) is 13.4 Å². The zero-order valence-corrected chi connectivity index (χ0v) is 18.7. The van der Waals surface area contributed by atoms with E-state index < -0.39 is 0 Å². The molecule has 1 heterocycles. The molecule has 0 saturated carbocycles. The third kappa shape index (κ3) is 8.41. The Hall–Kier alpha value is -2.61. The summed E-state index contributed by atoms with van der Waals surface area (Å²) in [5.41, 5.74) is 1.26. The number of nitrogens with one attached hydrogen (secondary N) is 2. The Balaban J connectivity index is 1.81. The summed E-state index contributed by atoms with van der Waals surface area (Å²) in [5, 5.41) is 15.0. The first-order chi connectivity index (χ1) is 14.8. The highest BCUT2D eigenvalue weighted by molar-refractivity contribution is 5.79. The second-order valence-corrected chi connectivity index (χ2v) is 6.99. The van der Waals surface area contributed by atoms with Gasteiger partial charge in [-0.3, -0.25) is 4.99 Å². The van der Waals surface area contributed by atoms with E-state index in [0.29, 0.717) is 0 Å². The number of methoxy groups -OCH3 is 1. The lowest BCUT2D eigenvalue weighted by atomic mass is 10.2. The number of guanidine groups is 1. The van der Waals surface area contributed by atoms with Crippen LogP contribution in [0, 0.1) is 0 Å². The standard InChI is InChI=1S/C22H37N7O/c1-4-21-27-26-19-29(21)17-15-25-22(24-14-10-18-30-3)23-13-9-16-28(5-2)20-11-7-6-8-12-20/h6-8,11-12,19H,4-5,9-10,13-18H2,1-3H3,(H2,23,24,25). The molecule has 0 bridgehead atoms. The number of nitrogens with zero attached hydrogens (tertiary/aromatic N) is 5. The quantitative estimate of drug-likeness (QED) is 0.280. The lowest BCUT2D eigenvalue weighted by Gasteiger charge is -2.22. The van der Waals surface area contributed by atoms with Crippen molar-refractivity contribution in [2.24, 2.45) is 4.99 Å². The van der Waals surface area contributed by atoms with E-state index in [1.165, 1.54) is 5.69 Å². The molecular weight excluding hydrogens is 378 g/mol. The van der Waals surface area contributed by atoms with Crippen LogP contribution in [0.3, 0.4) is 0 Å². The van der Waals surface area contributed by atoms with E-state index in [2.05, 4.69) is 74.5 Å². The van der Waals surface area contributed by atoms with E-state index in [0.717, 1.165) is 76.9 Å². The maximum absolute atomic E-state index is 5.14. The summed E-state index contributed by atoms with van der Waals surface area (Å²) in [6.45, 7) is 10.2. The van der Waals surface area contributed by atoms with Gasteiger partial charge in [-0.25, -0.2) is 0 Å². The summed E-state index contributed by atoms with van der Waals surface area (Å²) in [7, 11) is 1.73. The van der Waals surface area contributed by atoms with Gasteiger partial charge in [-0.15, -0.1) is 10.2 Å². The summed E-state index contributed by atoms with van der Waals surface area (Å²) < 4.78 is 7.21. The second kappa shape index (κ2) is 14.4. The lowest BCUT2D eigenvalue weighted by Crippen LogP contribution is -2.40. The molecule has 166 valence electrons. The van der Waals surface area contributed by atoms with E-state index in [9.17, 15) is 0 Å². The lowest BCUT2D eigenvalue weighted by molar-refractivity contribution is 0.195. The van der Waals surface area contributed by atoms with Crippen molar-refractivity contribution in [2.75, 3.05) is 51.3 Å². The van der Waals surface area contributed by atoms with Crippen LogP contribution in [0.4, 0.5) is 5.69 Å². The number of rotatable bonds is 14. The van der Waals surface area contributed by atoms with Crippen molar-refractivity contribution in [1.29, 1.82) is 0 Å². The van der Waals surface area contributed by atoms with Gasteiger partial charge in [0, 0.05) is 65.1 Å². The Labute approximate surface area is 180 Å². The van der Waals surface area contributed by atoms with Gasteiger partial charge < -0.3 is 24.8 Å². The fourth-order valence-electron chi connectivity index (χ4n) is 3.19. The molecule has 8 heteroatoms. The third-order valence-electron chi connectivity index (χ3n) is 4.83. The van der Waals surface area contributed by atoms with Gasteiger partial charge in [0.05, 0.1) is 0 Å². The number of anilines is 1. The molecule has 0 aliphatic rings. The number of ether oxygens (including phenoxy) is 1. The maximum atomic E-state index is 5.14. The monoisotopic (exact) mass is 415 g/mol. The molecule has 0 aliphatic heterocycles. The van der Waals surface area contributed by atoms with Crippen molar-refractivity contribution in [3.63, 3.8) is 0 Å². The van der Waals surface area contributed by atoms with Crippen LogP contribution < -0.4 is 15.5 Å². The Kier molecular flexibility index (Phi) is 11.3. The molecule has 0 atom stereocenters. The van der Waals surface area contributed by atoms with Crippen LogP contribution in [0.15, 0.2) is 41.7 Å². The molecule has 0 radical (unpaired) electrons. The smallest absolute Gasteiger partial charge is 0.191 e. The summed E-state index contributed by atoms with van der Waals surface area (Å²) in [6, 6.07) is 10.5. The van der Waals surface area contributed by atoms with Gasteiger partial charge in [0.2, 0.25) is 0 Å². The normalized spacial score (nSPS) is 11.5. The molecule has 2 N–H and O–H groups in total. The molecule has 0 saturated heterocycles. The summed E-state index contributed by atoms with van der Waals surface area (Å²) >= 11 is 0. The number of hydrogen-bond acceptors (Lipinski definition) is 5. The van der Waals surface area contributed by atoms with Gasteiger partial charge in [-0.05, 0) is 31.9 Å². The largest absolute Gasteiger partial charge is 0.385 e. The van der Waals surface area contributed by atoms with Gasteiger partial charge in [0.25, 0.3) is 0 Å². The van der Waals surface area contributed by atoms with Crippen molar-refractivity contribution in [1.82, 2.24) is 25.4 Å². The Morgan fingerprint density at radius 3 is 2.67 bits per heavy atom. The Morgan fingerprint density at radius 1 is 1.13 bits per heavy atom. The predicted octanol–water partition coefficient (Wildman–Crippen LogP) is 2.33. The van der Waals surface area contributed by atoms with Crippen LogP contribution in [0.25, 0.3) is 0 Å². The van der Waals surface area contributed by atoms with E-state index in [-0.39, 0.29) is 0 Å². The minimum absolute atomic E-state index is 0.739. The van der Waals surface area contributed by atoms with E-state index in [4.69, 9.17) is 9.73 Å². The highest BCUT2D eigenvalue weighted by atomic mass is 16.5. The fraction of sp³-hybridized carbons (Fsp3) is 0.591. The van der Waals surface area contributed by atoms with Crippen LogP contribution >= 0.6 is 0 Å². The molecule has 8 nitrogen and oxygen atoms in total. The Morgan fingerprint density at radius 2 is 1.93 bits per heavy atom. The number of aryl methyl sites for hydroxylation is 1. The maximum Gasteiger partial charge on any atom is 0.191 e. The first-order valence-electron chi connectivity index (χ1n) is 11.0. The van der Waals surface area contributed by atoms with Crippen molar-refractivity contribution in [2.45, 2.75) is 39.7 Å². The first-order valence-corrected chi connectivity index (χ1v) is 11.0. The number of para-hydroxylation sites is 1. The third-order valence-corrected chi connectivity index (χ3v) is 4.83. The summed E-state index contributed by atoms with van der Waals surface area (Å²) in [6.07, 6.45) is 4.61. The molecule has 0 unspecified atom stereocenters. The summed E-state index contributed by atoms with van der Waals surface area (Å²) in [5.74, 6) is 1.85. The van der Waals surface area contributed by atoms with Gasteiger partial charge >= 0.3 is 0 Å². The topological polar surface area (TPSA) is 79.6 Å². The zero-order valence-electron chi connectivity index (χ0n) is 18.7. The van der Waals surface area contributed by atoms with Crippen molar-refractivity contribution < 1.29 is 4.74 Å². The van der Waals surface area contributed by atoms with Gasteiger partial charge in [0.15, 0.2) is 5.96 Å². The van der Waals surface area contributed by atoms with Crippen LogP contribution in [-0.4, -0.2) is 67.2 Å². The molecule has 0 aliphatic carbocycles. The van der Waals surface area contributed by atoms with Crippen LogP contribution in [0.5, 0.6) is 0 Å². The zero-order chi connectivity index (χ0) is 21.4. The molecule has 0 amide bonds. The number of aliphatic imine (C=N–C) groups is 1. The Bertz CT molecular complexity index is 717. The molecule has 30 heavy (non-hydrogen) atoms. The second-order valence-electron chi connectivity index (χ2n) is 6.99. The van der Waals surface area contributed by atoms with Crippen molar-refractivity contribution in [3.8, 4) is 0 Å². The molecule has 2 aromatic rings. The van der Waals surface area contributed by atoms with Gasteiger partial charge in [-0.1, -0.05) is 25.1 Å². The predicted molar refractivity (Wildman–Crippen MR) is 123 cm³/mol. The average Bonchev–Trinajstić information content (AvgIpc) is 3.24. The van der Waals surface area contributed by atoms with Crippen molar-refractivity contribution >= 4 is 11.6 Å². The molecule has 1 aromatic carbocycles. The van der Waals surface area contributed by atoms with Crippen LogP contribution in [-0.2, 0) is 17.7 Å². The molecule has 1 aromatic heterocycles. The van der Waals surface area contributed by atoms with Crippen molar-refractivity contribution in [3.05, 3.63) is 42.5 Å². The average molecular weight is 416 g/mol. The van der Waals surface area contributed by atoms with Crippen LogP contribution in [0.2, 0.25) is 0 Å². The highest BCUT2D eigenvalue weighted by Crippen LogP contribution is 2.12. The van der Waals surface area contributed by atoms with Gasteiger partial charge in [0.1, 0.15) is 12.2 Å². The fourth-order valence-corrected chi connectivity index (χ4v) is 3.19. The number of benzene rings is 1. The minimum Gasteiger partial charge on any atom is -0.385 e. The molecule has 2 rings (SSSR count). The van der Waals surface area contributed by atoms with Crippen LogP contribution in [0.1, 0.15) is 32.5 Å². The summed E-state index contributed by atoms with van der Waals surface area (Å²) in [4.78, 5) is 7.15. The first kappa shape index (κ1) is 23.7. The van der Waals surface area contributed by atoms with Gasteiger partial charge in [-0.2, -0.15) is 0 Å². The molecule has 0 fully saturated rings. The minimum atomic E-state index is 0.739. The van der Waals surface area contributed by atoms with E-state index >= 15 is 0 Å². The highest BCUT2D eigenvalue weighted by Gasteiger charge is 2.05. The molecule has 0 spiro atoms. The number of hydrogen-bond donors (Lipinski definition) is 2.